The van der Waals surface area contributed by atoms with Crippen molar-refractivity contribution >= 4 is 11.6 Å². The summed E-state index contributed by atoms with van der Waals surface area (Å²) >= 11 is 0. The van der Waals surface area contributed by atoms with Crippen molar-refractivity contribution in [2.75, 3.05) is 5.32 Å². The van der Waals surface area contributed by atoms with Crippen LogP contribution < -0.4 is 5.32 Å². The molecule has 5 heteroatoms. The summed E-state index contributed by atoms with van der Waals surface area (Å²) in [5.41, 5.74) is 2.87. The van der Waals surface area contributed by atoms with Gasteiger partial charge in [0, 0.05) is 11.5 Å². The lowest BCUT2D eigenvalue weighted by molar-refractivity contribution is -0.122. The standard InChI is InChI=1S/C17H20FN3O/c1-2-5-14-16(19-17(22)11-6-3-7-11)15(21-20-14)12-8-4-9-13(18)10-12/h4,8-11H,2-3,5-7H2,1H3,(H,19,22)(H,20,21). The van der Waals surface area contributed by atoms with Gasteiger partial charge < -0.3 is 5.32 Å². The molecule has 4 nitrogen and oxygen atoms in total. The lowest BCUT2D eigenvalue weighted by Crippen LogP contribution is -2.28. The summed E-state index contributed by atoms with van der Waals surface area (Å²) in [4.78, 5) is 12.3. The van der Waals surface area contributed by atoms with E-state index in [1.54, 1.807) is 12.1 Å². The smallest absolute Gasteiger partial charge is 0.227 e. The summed E-state index contributed by atoms with van der Waals surface area (Å²) in [5.74, 6) is -0.166. The average molecular weight is 301 g/mol. The van der Waals surface area contributed by atoms with Gasteiger partial charge in [0.25, 0.3) is 0 Å². The van der Waals surface area contributed by atoms with E-state index >= 15 is 0 Å². The molecule has 0 radical (unpaired) electrons. The van der Waals surface area contributed by atoms with E-state index < -0.39 is 0 Å². The van der Waals surface area contributed by atoms with Crippen molar-refractivity contribution in [3.8, 4) is 11.3 Å². The van der Waals surface area contributed by atoms with Crippen molar-refractivity contribution in [1.82, 2.24) is 10.2 Å². The van der Waals surface area contributed by atoms with E-state index in [9.17, 15) is 9.18 Å². The van der Waals surface area contributed by atoms with Crippen molar-refractivity contribution in [2.24, 2.45) is 5.92 Å². The van der Waals surface area contributed by atoms with Crippen molar-refractivity contribution in [3.63, 3.8) is 0 Å². The van der Waals surface area contributed by atoms with Gasteiger partial charge in [0.2, 0.25) is 5.91 Å². The minimum atomic E-state index is -0.311. The Bertz CT molecular complexity index is 676. The molecule has 0 bridgehead atoms. The van der Waals surface area contributed by atoms with Gasteiger partial charge in [-0.25, -0.2) is 4.39 Å². The van der Waals surface area contributed by atoms with Gasteiger partial charge in [0.05, 0.1) is 11.4 Å². The fourth-order valence-corrected chi connectivity index (χ4v) is 2.68. The van der Waals surface area contributed by atoms with Crippen molar-refractivity contribution in [3.05, 3.63) is 35.8 Å². The van der Waals surface area contributed by atoms with E-state index in [1.807, 2.05) is 0 Å². The highest BCUT2D eigenvalue weighted by molar-refractivity contribution is 5.97. The van der Waals surface area contributed by atoms with Crippen LogP contribution in [0.1, 0.15) is 38.3 Å². The van der Waals surface area contributed by atoms with Gasteiger partial charge in [0.1, 0.15) is 11.5 Å². The van der Waals surface area contributed by atoms with Crippen molar-refractivity contribution in [2.45, 2.75) is 39.0 Å². The van der Waals surface area contributed by atoms with E-state index in [-0.39, 0.29) is 17.6 Å². The predicted octanol–water partition coefficient (Wildman–Crippen LogP) is 3.91. The van der Waals surface area contributed by atoms with Crippen LogP contribution in [0.15, 0.2) is 24.3 Å². The SMILES string of the molecule is CCCc1[nH]nc(-c2cccc(F)c2)c1NC(=O)C1CCC1. The van der Waals surface area contributed by atoms with E-state index in [0.29, 0.717) is 16.9 Å². The van der Waals surface area contributed by atoms with Crippen LogP contribution in [0.3, 0.4) is 0 Å². The number of hydrogen-bond donors (Lipinski definition) is 2. The Hall–Kier alpha value is -2.17. The molecule has 116 valence electrons. The van der Waals surface area contributed by atoms with Crippen LogP contribution in [0.4, 0.5) is 10.1 Å². The van der Waals surface area contributed by atoms with Crippen LogP contribution in [0.5, 0.6) is 0 Å². The summed E-state index contributed by atoms with van der Waals surface area (Å²) in [5, 5.41) is 10.3. The van der Waals surface area contributed by atoms with Crippen LogP contribution in [0.2, 0.25) is 0 Å². The minimum absolute atomic E-state index is 0.0441. The molecule has 0 aliphatic heterocycles. The zero-order valence-electron chi connectivity index (χ0n) is 12.7. The number of aromatic nitrogens is 2. The Morgan fingerprint density at radius 2 is 2.27 bits per heavy atom. The van der Waals surface area contributed by atoms with E-state index in [0.717, 1.165) is 37.8 Å². The van der Waals surface area contributed by atoms with Crippen LogP contribution in [-0.4, -0.2) is 16.1 Å². The number of benzene rings is 1. The predicted molar refractivity (Wildman–Crippen MR) is 83.9 cm³/mol. The number of rotatable bonds is 5. The molecule has 0 saturated heterocycles. The van der Waals surface area contributed by atoms with Crippen LogP contribution in [0, 0.1) is 11.7 Å². The molecular formula is C17H20FN3O. The number of halogens is 1. The quantitative estimate of drug-likeness (QED) is 0.879. The van der Waals surface area contributed by atoms with Gasteiger partial charge >= 0.3 is 0 Å². The molecule has 0 spiro atoms. The molecule has 0 unspecified atom stereocenters. The highest BCUT2D eigenvalue weighted by Gasteiger charge is 2.27. The summed E-state index contributed by atoms with van der Waals surface area (Å²) < 4.78 is 13.5. The number of H-pyrrole nitrogens is 1. The lowest BCUT2D eigenvalue weighted by Gasteiger charge is -2.24. The number of hydrogen-bond acceptors (Lipinski definition) is 2. The third kappa shape index (κ3) is 2.89. The second-order valence-corrected chi connectivity index (χ2v) is 5.80. The normalized spacial score (nSPS) is 14.6. The van der Waals surface area contributed by atoms with Gasteiger partial charge in [-0.1, -0.05) is 31.9 Å². The number of carbonyl (C=O) groups is 1. The fourth-order valence-electron chi connectivity index (χ4n) is 2.68. The van der Waals surface area contributed by atoms with Crippen molar-refractivity contribution in [1.29, 1.82) is 0 Å². The third-order valence-electron chi connectivity index (χ3n) is 4.16. The fraction of sp³-hybridized carbons (Fsp3) is 0.412. The number of amides is 1. The number of aryl methyl sites for hydroxylation is 1. The Labute approximate surface area is 129 Å². The highest BCUT2D eigenvalue weighted by atomic mass is 19.1. The number of carbonyl (C=O) groups excluding carboxylic acids is 1. The summed E-state index contributed by atoms with van der Waals surface area (Å²) in [6.45, 7) is 2.07. The summed E-state index contributed by atoms with van der Waals surface area (Å²) in [6, 6.07) is 6.28. The molecule has 2 aromatic rings. The Balaban J connectivity index is 1.93. The maximum atomic E-state index is 13.5. The van der Waals surface area contributed by atoms with Crippen LogP contribution in [0.25, 0.3) is 11.3 Å². The first-order chi connectivity index (χ1) is 10.7. The molecule has 1 amide bonds. The maximum Gasteiger partial charge on any atom is 0.227 e. The molecule has 1 aromatic heterocycles. The van der Waals surface area contributed by atoms with Crippen molar-refractivity contribution < 1.29 is 9.18 Å². The summed E-state index contributed by atoms with van der Waals surface area (Å²) in [6.07, 6.45) is 4.74. The number of anilines is 1. The van der Waals surface area contributed by atoms with Crippen LogP contribution >= 0.6 is 0 Å². The molecule has 1 aliphatic rings. The molecule has 1 aliphatic carbocycles. The third-order valence-corrected chi connectivity index (χ3v) is 4.16. The molecule has 1 saturated carbocycles. The molecule has 3 rings (SSSR count). The Kier molecular flexibility index (Phi) is 4.22. The van der Waals surface area contributed by atoms with Gasteiger partial charge in [-0.3, -0.25) is 9.89 Å². The van der Waals surface area contributed by atoms with Gasteiger partial charge in [0.15, 0.2) is 0 Å². The first kappa shape index (κ1) is 14.8. The van der Waals surface area contributed by atoms with E-state index in [1.165, 1.54) is 12.1 Å². The zero-order chi connectivity index (χ0) is 15.5. The molecule has 1 aromatic carbocycles. The first-order valence-electron chi connectivity index (χ1n) is 7.83. The molecular weight excluding hydrogens is 281 g/mol. The largest absolute Gasteiger partial charge is 0.322 e. The highest BCUT2D eigenvalue weighted by Crippen LogP contribution is 2.33. The second kappa shape index (κ2) is 6.30. The number of nitrogens with one attached hydrogen (secondary N) is 2. The molecule has 0 atom stereocenters. The molecule has 2 N–H and O–H groups in total. The number of aromatic amines is 1. The Morgan fingerprint density at radius 3 is 2.91 bits per heavy atom. The molecule has 1 fully saturated rings. The van der Waals surface area contributed by atoms with Gasteiger partial charge in [-0.2, -0.15) is 5.10 Å². The zero-order valence-corrected chi connectivity index (χ0v) is 12.7. The average Bonchev–Trinajstić information content (AvgIpc) is 2.80. The van der Waals surface area contributed by atoms with E-state index in [2.05, 4.69) is 22.4 Å². The Morgan fingerprint density at radius 1 is 1.45 bits per heavy atom. The van der Waals surface area contributed by atoms with Crippen LogP contribution in [-0.2, 0) is 11.2 Å². The molecule has 22 heavy (non-hydrogen) atoms. The summed E-state index contributed by atoms with van der Waals surface area (Å²) in [7, 11) is 0. The minimum Gasteiger partial charge on any atom is -0.322 e. The topological polar surface area (TPSA) is 57.8 Å². The number of nitrogens with zero attached hydrogens (tertiary/aromatic N) is 1. The van der Waals surface area contributed by atoms with Gasteiger partial charge in [-0.05, 0) is 31.4 Å². The van der Waals surface area contributed by atoms with E-state index in [4.69, 9.17) is 0 Å². The first-order valence-corrected chi connectivity index (χ1v) is 7.83. The molecule has 1 heterocycles. The lowest BCUT2D eigenvalue weighted by atomic mass is 9.84. The second-order valence-electron chi connectivity index (χ2n) is 5.80. The van der Waals surface area contributed by atoms with Gasteiger partial charge in [-0.15, -0.1) is 0 Å². The monoisotopic (exact) mass is 301 g/mol. The maximum absolute atomic E-state index is 13.5.